The lowest BCUT2D eigenvalue weighted by molar-refractivity contribution is -0.207. The number of carbonyl (C=O) groups excluding carboxylic acids is 3. The normalized spacial score (nSPS) is 14.2. The van der Waals surface area contributed by atoms with E-state index in [0.29, 0.717) is 0 Å². The monoisotopic (exact) mass is 311 g/mol. The summed E-state index contributed by atoms with van der Waals surface area (Å²) in [7, 11) is 0. The summed E-state index contributed by atoms with van der Waals surface area (Å²) in [6, 6.07) is 0. The average Bonchev–Trinajstić information content (AvgIpc) is 2.46. The molecule has 0 aromatic carbocycles. The maximum absolute atomic E-state index is 11.3. The van der Waals surface area contributed by atoms with Crippen molar-refractivity contribution in [2.75, 3.05) is 0 Å². The molecule has 22 heavy (non-hydrogen) atoms. The second-order valence-corrected chi connectivity index (χ2v) is 4.17. The van der Waals surface area contributed by atoms with E-state index in [1.54, 1.807) is 0 Å². The fourth-order valence-electron chi connectivity index (χ4n) is 1.72. The summed E-state index contributed by atoms with van der Waals surface area (Å²) in [4.78, 5) is 35.3. The third kappa shape index (κ3) is 6.36. The number of hydrogen-bond donors (Lipinski definition) is 0. The summed E-state index contributed by atoms with van der Waals surface area (Å²) in [5, 5.41) is 0. The van der Waals surface area contributed by atoms with E-state index in [2.05, 4.69) is 19.7 Å². The van der Waals surface area contributed by atoms with E-state index >= 15 is 0 Å². The second kappa shape index (κ2) is 9.51. The maximum atomic E-state index is 11.3. The number of esters is 3. The molecule has 0 aliphatic carbocycles. The molecule has 0 spiro atoms. The second-order valence-electron chi connectivity index (χ2n) is 4.17. The van der Waals surface area contributed by atoms with Crippen molar-refractivity contribution in [3.63, 3.8) is 0 Å². The molecule has 7 heteroatoms. The Hall–Kier alpha value is -2.41. The summed E-state index contributed by atoms with van der Waals surface area (Å²) in [5.41, 5.74) is 0. The number of hydrogen-bond acceptors (Lipinski definition) is 7. The van der Waals surface area contributed by atoms with Gasteiger partial charge in [0, 0.05) is 18.2 Å². The van der Waals surface area contributed by atoms with Crippen molar-refractivity contribution in [3.05, 3.63) is 38.0 Å². The zero-order valence-electron chi connectivity index (χ0n) is 13.0. The van der Waals surface area contributed by atoms with E-state index in [0.717, 1.165) is 18.2 Å². The highest BCUT2D eigenvalue weighted by Crippen LogP contribution is 2.15. The predicted octanol–water partition coefficient (Wildman–Crippen LogP) is 1.51. The molecule has 122 valence electrons. The van der Waals surface area contributed by atoms with E-state index < -0.39 is 36.6 Å². The number of rotatable bonds is 9. The molecule has 0 saturated heterocycles. The summed E-state index contributed by atoms with van der Waals surface area (Å²) in [5.74, 6) is -1.99. The van der Waals surface area contributed by atoms with Gasteiger partial charge in [0.25, 0.3) is 0 Å². The quantitative estimate of drug-likeness (QED) is 0.276. The molecule has 0 fully saturated rings. The maximum Gasteiger partial charge on any atom is 0.331 e. The lowest BCUT2D eigenvalue weighted by atomic mass is 10.4. The lowest BCUT2D eigenvalue weighted by Crippen LogP contribution is -2.50. The zero-order valence-corrected chi connectivity index (χ0v) is 13.0. The van der Waals surface area contributed by atoms with E-state index in [4.69, 9.17) is 14.2 Å². The molecule has 0 N–H and O–H groups in total. The fraction of sp³-hybridized carbons (Fsp3) is 0.400. The van der Waals surface area contributed by atoms with Crippen LogP contribution >= 0.6 is 0 Å². The Kier molecular flexibility index (Phi) is 8.47. The summed E-state index contributed by atoms with van der Waals surface area (Å²) in [6.07, 6.45) is 0.461. The summed E-state index contributed by atoms with van der Waals surface area (Å²) in [6.45, 7) is 14.5. The Morgan fingerprint density at radius 2 is 0.955 bits per heavy atom. The molecule has 7 nitrogen and oxygen atoms in total. The van der Waals surface area contributed by atoms with Gasteiger partial charge in [-0.3, -0.25) is 0 Å². The highest BCUT2D eigenvalue weighted by Gasteiger charge is 2.31. The first-order valence-electron chi connectivity index (χ1n) is 6.53. The van der Waals surface area contributed by atoms with Gasteiger partial charge in [0.15, 0.2) is 18.7 Å². The zero-order chi connectivity index (χ0) is 17.3. The SMILES string of the molecule is C=CC(=O)OC(C)N(C(C)OC(=O)C=C)C(C)OC(=O)C=C. The standard InChI is InChI=1S/C15H21NO6/c1-7-13(17)20-10(4)16(11(5)21-14(18)8-2)12(6)22-15(19)9-3/h7-12H,1-3H2,4-6H3. The van der Waals surface area contributed by atoms with Gasteiger partial charge in [-0.15, -0.1) is 0 Å². The Morgan fingerprint density at radius 1 is 0.727 bits per heavy atom. The molecule has 3 unspecified atom stereocenters. The van der Waals surface area contributed by atoms with Gasteiger partial charge in [-0.25, -0.2) is 14.4 Å². The molecule has 0 aliphatic heterocycles. The molecule has 3 atom stereocenters. The molecule has 0 rings (SSSR count). The van der Waals surface area contributed by atoms with Crippen molar-refractivity contribution in [1.29, 1.82) is 0 Å². The van der Waals surface area contributed by atoms with Crippen molar-refractivity contribution in [1.82, 2.24) is 4.90 Å². The Morgan fingerprint density at radius 3 is 1.14 bits per heavy atom. The molecule has 0 radical (unpaired) electrons. The van der Waals surface area contributed by atoms with E-state index in [-0.39, 0.29) is 0 Å². The first kappa shape index (κ1) is 19.6. The molecule has 0 aliphatic rings. The van der Waals surface area contributed by atoms with Crippen LogP contribution in [0.1, 0.15) is 20.8 Å². The van der Waals surface area contributed by atoms with Crippen LogP contribution in [0.5, 0.6) is 0 Å². The molecule has 0 saturated carbocycles. The molecule has 0 aromatic heterocycles. The van der Waals surface area contributed by atoms with Gasteiger partial charge < -0.3 is 14.2 Å². The van der Waals surface area contributed by atoms with Crippen LogP contribution in [0.3, 0.4) is 0 Å². The van der Waals surface area contributed by atoms with Gasteiger partial charge >= 0.3 is 17.9 Å². The van der Waals surface area contributed by atoms with Gasteiger partial charge in [0.05, 0.1) is 0 Å². The van der Waals surface area contributed by atoms with Gasteiger partial charge in [-0.05, 0) is 20.8 Å². The van der Waals surface area contributed by atoms with Crippen molar-refractivity contribution < 1.29 is 28.6 Å². The fourth-order valence-corrected chi connectivity index (χ4v) is 1.72. The third-order valence-corrected chi connectivity index (χ3v) is 2.62. The van der Waals surface area contributed by atoms with E-state index in [1.165, 1.54) is 25.7 Å². The van der Waals surface area contributed by atoms with Crippen LogP contribution in [-0.2, 0) is 28.6 Å². The lowest BCUT2D eigenvalue weighted by Gasteiger charge is -2.36. The van der Waals surface area contributed by atoms with Gasteiger partial charge in [-0.2, -0.15) is 4.90 Å². The largest absolute Gasteiger partial charge is 0.443 e. The highest BCUT2D eigenvalue weighted by molar-refractivity contribution is 5.82. The minimum absolute atomic E-state index is 0.665. The van der Waals surface area contributed by atoms with Crippen LogP contribution in [0.15, 0.2) is 38.0 Å². The molecular weight excluding hydrogens is 290 g/mol. The average molecular weight is 311 g/mol. The van der Waals surface area contributed by atoms with Gasteiger partial charge in [0.2, 0.25) is 0 Å². The predicted molar refractivity (Wildman–Crippen MR) is 79.1 cm³/mol. The van der Waals surface area contributed by atoms with Crippen LogP contribution in [0.25, 0.3) is 0 Å². The first-order chi connectivity index (χ1) is 10.3. The molecule has 0 aromatic rings. The molecule has 0 amide bonds. The van der Waals surface area contributed by atoms with Crippen molar-refractivity contribution in [2.24, 2.45) is 0 Å². The van der Waals surface area contributed by atoms with Crippen LogP contribution in [-0.4, -0.2) is 41.5 Å². The summed E-state index contributed by atoms with van der Waals surface area (Å²) < 4.78 is 15.2. The van der Waals surface area contributed by atoms with Gasteiger partial charge in [-0.1, -0.05) is 19.7 Å². The van der Waals surface area contributed by atoms with Crippen LogP contribution in [0, 0.1) is 0 Å². The topological polar surface area (TPSA) is 82.1 Å². The number of carbonyl (C=O) groups is 3. The molecular formula is C15H21NO6. The van der Waals surface area contributed by atoms with E-state index in [9.17, 15) is 14.4 Å². The van der Waals surface area contributed by atoms with Crippen LogP contribution in [0.4, 0.5) is 0 Å². The molecule has 0 heterocycles. The first-order valence-corrected chi connectivity index (χ1v) is 6.53. The Bertz CT molecular complexity index is 392. The summed E-state index contributed by atoms with van der Waals surface area (Å²) >= 11 is 0. The highest BCUT2D eigenvalue weighted by atomic mass is 16.6. The van der Waals surface area contributed by atoms with Crippen LogP contribution in [0.2, 0.25) is 0 Å². The third-order valence-electron chi connectivity index (χ3n) is 2.62. The molecule has 0 bridgehead atoms. The Balaban J connectivity index is 5.17. The minimum Gasteiger partial charge on any atom is -0.443 e. The smallest absolute Gasteiger partial charge is 0.331 e. The van der Waals surface area contributed by atoms with Crippen molar-refractivity contribution in [3.8, 4) is 0 Å². The number of nitrogens with zero attached hydrogens (tertiary/aromatic N) is 1. The Labute approximate surface area is 129 Å². The van der Waals surface area contributed by atoms with Crippen molar-refractivity contribution in [2.45, 2.75) is 39.5 Å². The van der Waals surface area contributed by atoms with E-state index in [1.807, 2.05) is 0 Å². The minimum atomic E-state index is -0.842. The number of ether oxygens (including phenoxy) is 3. The van der Waals surface area contributed by atoms with Crippen molar-refractivity contribution >= 4 is 17.9 Å². The van der Waals surface area contributed by atoms with Gasteiger partial charge in [0.1, 0.15) is 0 Å². The van der Waals surface area contributed by atoms with Crippen LogP contribution < -0.4 is 0 Å².